The van der Waals surface area contributed by atoms with Gasteiger partial charge in [0.1, 0.15) is 11.6 Å². The van der Waals surface area contributed by atoms with E-state index in [9.17, 15) is 9.59 Å². The van der Waals surface area contributed by atoms with Gasteiger partial charge in [-0.15, -0.1) is 11.8 Å². The summed E-state index contributed by atoms with van der Waals surface area (Å²) in [4.78, 5) is 40.0. The molecule has 1 aliphatic carbocycles. The van der Waals surface area contributed by atoms with Gasteiger partial charge in [-0.2, -0.15) is 0 Å². The van der Waals surface area contributed by atoms with E-state index in [-0.39, 0.29) is 23.2 Å². The fraction of sp³-hybridized carbons (Fsp3) is 0.526. The van der Waals surface area contributed by atoms with Crippen molar-refractivity contribution in [3.8, 4) is 11.6 Å². The summed E-state index contributed by atoms with van der Waals surface area (Å²) >= 11 is 1.56. The molecular formula is C38H50N4O5S. The Bertz CT molecular complexity index is 1550. The van der Waals surface area contributed by atoms with Gasteiger partial charge >= 0.3 is 5.97 Å². The van der Waals surface area contributed by atoms with Crippen molar-refractivity contribution in [2.45, 2.75) is 70.7 Å². The standard InChI is InChI=1S/C38H50N4O5S/c1-7-46-36(43)23-31(27-11-12-27)28-15-18-39-34(21-28)47-24-26-16-19-41(20-17-26)32-22-29(45-5)13-14-30(32)37(44)42(25-38(2,3)4)33-9-8-10-35(40-33)48-6/h8-10,13-15,18,21-22,26-27,31H,7,11-12,16-17,19-20,23-25H2,1-6H3. The van der Waals surface area contributed by atoms with Crippen molar-refractivity contribution >= 4 is 35.1 Å². The molecule has 1 atom stereocenters. The van der Waals surface area contributed by atoms with Crippen LogP contribution in [0.1, 0.15) is 81.6 Å². The molecule has 1 saturated carbocycles. The van der Waals surface area contributed by atoms with Crippen LogP contribution in [0.25, 0.3) is 0 Å². The van der Waals surface area contributed by atoms with Crippen molar-refractivity contribution in [2.75, 3.05) is 56.0 Å². The first kappa shape index (κ1) is 35.5. The number of anilines is 2. The third-order valence-corrected chi connectivity index (χ3v) is 9.65. The molecule has 1 aromatic carbocycles. The minimum absolute atomic E-state index is 0.0720. The summed E-state index contributed by atoms with van der Waals surface area (Å²) in [5, 5.41) is 0.875. The molecule has 5 rings (SSSR count). The largest absolute Gasteiger partial charge is 0.497 e. The van der Waals surface area contributed by atoms with Crippen molar-refractivity contribution in [1.82, 2.24) is 9.97 Å². The molecule has 1 saturated heterocycles. The lowest BCUT2D eigenvalue weighted by atomic mass is 9.92. The molecule has 3 aromatic rings. The second kappa shape index (κ2) is 16.1. The number of carbonyl (C=O) groups is 2. The van der Waals surface area contributed by atoms with Crippen LogP contribution in [0.3, 0.4) is 0 Å². The van der Waals surface area contributed by atoms with Crippen LogP contribution >= 0.6 is 11.8 Å². The molecule has 0 spiro atoms. The maximum absolute atomic E-state index is 14.4. The quantitative estimate of drug-likeness (QED) is 0.126. The zero-order valence-electron chi connectivity index (χ0n) is 29.2. The second-order valence-electron chi connectivity index (χ2n) is 14.0. The van der Waals surface area contributed by atoms with Crippen molar-refractivity contribution in [2.24, 2.45) is 17.3 Å². The number of amides is 1. The van der Waals surface area contributed by atoms with Gasteiger partial charge in [0.05, 0.1) is 43.0 Å². The Labute approximate surface area is 289 Å². The Balaban J connectivity index is 1.27. The van der Waals surface area contributed by atoms with Crippen LogP contribution in [0.2, 0.25) is 0 Å². The summed E-state index contributed by atoms with van der Waals surface area (Å²) in [6.45, 7) is 11.3. The Morgan fingerprint density at radius 1 is 1.06 bits per heavy atom. The number of thioether (sulfide) groups is 1. The van der Waals surface area contributed by atoms with E-state index < -0.39 is 0 Å². The molecule has 1 aliphatic heterocycles. The lowest BCUT2D eigenvalue weighted by Gasteiger charge is -2.36. The van der Waals surface area contributed by atoms with Gasteiger partial charge in [0.2, 0.25) is 5.88 Å². The number of benzene rings is 1. The monoisotopic (exact) mass is 674 g/mol. The van der Waals surface area contributed by atoms with Crippen LogP contribution in [0.5, 0.6) is 11.6 Å². The zero-order chi connectivity index (χ0) is 34.3. The van der Waals surface area contributed by atoms with Gasteiger partial charge in [-0.25, -0.2) is 9.97 Å². The molecule has 2 fully saturated rings. The Hall–Kier alpha value is -3.79. The number of pyridine rings is 2. The number of piperidine rings is 1. The SMILES string of the molecule is CCOC(=O)CC(c1ccnc(OCC2CCN(c3cc(OC)ccc3C(=O)N(CC(C)(C)C)c3cccc(SC)n3)CC2)c1)C1CC1. The van der Waals surface area contributed by atoms with Crippen molar-refractivity contribution < 1.29 is 23.8 Å². The van der Waals surface area contributed by atoms with E-state index in [1.54, 1.807) is 25.1 Å². The minimum Gasteiger partial charge on any atom is -0.497 e. The van der Waals surface area contributed by atoms with E-state index in [1.165, 1.54) is 0 Å². The second-order valence-corrected chi connectivity index (χ2v) is 14.8. The van der Waals surface area contributed by atoms with Crippen LogP contribution in [-0.2, 0) is 9.53 Å². The predicted molar refractivity (Wildman–Crippen MR) is 192 cm³/mol. The van der Waals surface area contributed by atoms with Crippen molar-refractivity contribution in [3.05, 3.63) is 65.9 Å². The summed E-state index contributed by atoms with van der Waals surface area (Å²) in [7, 11) is 1.65. The molecule has 48 heavy (non-hydrogen) atoms. The first-order valence-corrected chi connectivity index (χ1v) is 18.3. The highest BCUT2D eigenvalue weighted by molar-refractivity contribution is 7.98. The number of hydrogen-bond acceptors (Lipinski definition) is 9. The molecule has 0 N–H and O–H groups in total. The molecule has 1 unspecified atom stereocenters. The van der Waals surface area contributed by atoms with E-state index in [4.69, 9.17) is 19.2 Å². The highest BCUT2D eigenvalue weighted by atomic mass is 32.2. The van der Waals surface area contributed by atoms with Gasteiger partial charge in [0, 0.05) is 38.0 Å². The maximum atomic E-state index is 14.4. The van der Waals surface area contributed by atoms with Crippen LogP contribution < -0.4 is 19.3 Å². The zero-order valence-corrected chi connectivity index (χ0v) is 30.1. The molecule has 10 heteroatoms. The van der Waals surface area contributed by atoms with Gasteiger partial charge < -0.3 is 19.1 Å². The third-order valence-electron chi connectivity index (χ3n) is 9.00. The number of ether oxygens (including phenoxy) is 3. The van der Waals surface area contributed by atoms with E-state index in [0.29, 0.717) is 55.3 Å². The number of rotatable bonds is 14. The normalized spacial score (nSPS) is 15.9. The van der Waals surface area contributed by atoms with E-state index >= 15 is 0 Å². The lowest BCUT2D eigenvalue weighted by molar-refractivity contribution is -0.143. The minimum atomic E-state index is -0.148. The van der Waals surface area contributed by atoms with Crippen molar-refractivity contribution in [3.63, 3.8) is 0 Å². The summed E-state index contributed by atoms with van der Waals surface area (Å²) in [5.74, 6) is 2.76. The molecule has 2 aromatic heterocycles. The molecule has 2 aliphatic rings. The highest BCUT2D eigenvalue weighted by Gasteiger charge is 2.35. The highest BCUT2D eigenvalue weighted by Crippen LogP contribution is 2.45. The van der Waals surface area contributed by atoms with Gasteiger partial charge in [0.25, 0.3) is 5.91 Å². The van der Waals surface area contributed by atoms with Crippen LogP contribution in [0, 0.1) is 17.3 Å². The number of aromatic nitrogens is 2. The summed E-state index contributed by atoms with van der Waals surface area (Å²) in [6, 6.07) is 15.6. The Morgan fingerprint density at radius 3 is 2.50 bits per heavy atom. The van der Waals surface area contributed by atoms with Crippen LogP contribution in [0.15, 0.2) is 59.8 Å². The van der Waals surface area contributed by atoms with Gasteiger partial charge in [-0.3, -0.25) is 14.5 Å². The summed E-state index contributed by atoms with van der Waals surface area (Å²) in [5.41, 5.74) is 2.48. The Kier molecular flexibility index (Phi) is 11.9. The number of carbonyl (C=O) groups excluding carboxylic acids is 2. The summed E-state index contributed by atoms with van der Waals surface area (Å²) in [6.07, 6.45) is 8.28. The topological polar surface area (TPSA) is 94.1 Å². The smallest absolute Gasteiger partial charge is 0.306 e. The van der Waals surface area contributed by atoms with Crippen LogP contribution in [0.4, 0.5) is 11.5 Å². The van der Waals surface area contributed by atoms with Gasteiger partial charge in [-0.05, 0) is 97.9 Å². The molecule has 1 amide bonds. The molecular weight excluding hydrogens is 625 g/mol. The fourth-order valence-electron chi connectivity index (χ4n) is 6.36. The number of methoxy groups -OCH3 is 1. The fourth-order valence-corrected chi connectivity index (χ4v) is 6.76. The van der Waals surface area contributed by atoms with Crippen LogP contribution in [-0.4, -0.2) is 68.1 Å². The molecule has 3 heterocycles. The maximum Gasteiger partial charge on any atom is 0.306 e. The van der Waals surface area contributed by atoms with Crippen molar-refractivity contribution in [1.29, 1.82) is 0 Å². The Morgan fingerprint density at radius 2 is 1.83 bits per heavy atom. The van der Waals surface area contributed by atoms with Gasteiger partial charge in [0.15, 0.2) is 0 Å². The number of hydrogen-bond donors (Lipinski definition) is 0. The first-order chi connectivity index (χ1) is 23.1. The predicted octanol–water partition coefficient (Wildman–Crippen LogP) is 7.64. The van der Waals surface area contributed by atoms with E-state index in [2.05, 4.69) is 30.7 Å². The molecule has 9 nitrogen and oxygen atoms in total. The third kappa shape index (κ3) is 9.43. The lowest BCUT2D eigenvalue weighted by Crippen LogP contribution is -2.41. The summed E-state index contributed by atoms with van der Waals surface area (Å²) < 4.78 is 17.1. The van der Waals surface area contributed by atoms with E-state index in [1.807, 2.05) is 66.6 Å². The van der Waals surface area contributed by atoms with Gasteiger partial charge in [-0.1, -0.05) is 26.8 Å². The van der Waals surface area contributed by atoms with E-state index in [0.717, 1.165) is 60.8 Å². The average Bonchev–Trinajstić information content (AvgIpc) is 3.94. The molecule has 0 radical (unpaired) electrons. The molecule has 258 valence electrons. The average molecular weight is 675 g/mol. The number of esters is 1. The molecule has 0 bridgehead atoms. The first-order valence-electron chi connectivity index (χ1n) is 17.1. The number of nitrogens with zero attached hydrogens (tertiary/aromatic N) is 4.